The highest BCUT2D eigenvalue weighted by Gasteiger charge is 2.20. The van der Waals surface area contributed by atoms with Gasteiger partial charge in [-0.1, -0.05) is 6.07 Å². The van der Waals surface area contributed by atoms with Crippen LogP contribution in [0.4, 0.5) is 4.39 Å². The van der Waals surface area contributed by atoms with Crippen molar-refractivity contribution in [3.8, 4) is 0 Å². The summed E-state index contributed by atoms with van der Waals surface area (Å²) in [6.45, 7) is -0.115. The summed E-state index contributed by atoms with van der Waals surface area (Å²) in [5.41, 5.74) is -0.0705. The molecule has 4 nitrogen and oxygen atoms in total. The fourth-order valence-electron chi connectivity index (χ4n) is 1.26. The maximum atomic E-state index is 13.5. The number of carbonyl (C=O) groups excluding carboxylic acids is 2. The molecule has 0 fully saturated rings. The van der Waals surface area contributed by atoms with E-state index < -0.39 is 11.7 Å². The molecule has 0 aromatic heterocycles. The molecule has 0 heterocycles. The van der Waals surface area contributed by atoms with Gasteiger partial charge in [0.15, 0.2) is 0 Å². The molecule has 2 amide bonds. The lowest BCUT2D eigenvalue weighted by Crippen LogP contribution is -2.37. The van der Waals surface area contributed by atoms with Crippen LogP contribution in [0.1, 0.15) is 10.4 Å². The summed E-state index contributed by atoms with van der Waals surface area (Å²) >= 11 is 3.11. The zero-order chi connectivity index (χ0) is 13.0. The van der Waals surface area contributed by atoms with Crippen molar-refractivity contribution >= 4 is 27.7 Å². The highest BCUT2D eigenvalue weighted by atomic mass is 79.9. The second-order valence-corrected chi connectivity index (χ2v) is 4.29. The Hall–Kier alpha value is -1.43. The van der Waals surface area contributed by atoms with Crippen molar-refractivity contribution in [1.29, 1.82) is 0 Å². The largest absolute Gasteiger partial charge is 0.358 e. The van der Waals surface area contributed by atoms with Crippen molar-refractivity contribution in [3.63, 3.8) is 0 Å². The van der Waals surface area contributed by atoms with Crippen LogP contribution in [0, 0.1) is 5.82 Å². The van der Waals surface area contributed by atoms with Crippen LogP contribution in [0.3, 0.4) is 0 Å². The average molecular weight is 303 g/mol. The fourth-order valence-corrected chi connectivity index (χ4v) is 1.77. The number of halogens is 2. The predicted octanol–water partition coefficient (Wildman–Crippen LogP) is 1.41. The minimum atomic E-state index is -0.617. The lowest BCUT2D eigenvalue weighted by Gasteiger charge is -2.17. The molecule has 0 radical (unpaired) electrons. The molecule has 6 heteroatoms. The van der Waals surface area contributed by atoms with Crippen LogP contribution in [0.25, 0.3) is 0 Å². The van der Waals surface area contributed by atoms with Crippen molar-refractivity contribution in [2.45, 2.75) is 0 Å². The molecular weight excluding hydrogens is 291 g/mol. The minimum absolute atomic E-state index is 0.0705. The molecule has 0 saturated carbocycles. The van der Waals surface area contributed by atoms with E-state index in [1.165, 1.54) is 26.2 Å². The Morgan fingerprint density at radius 3 is 2.65 bits per heavy atom. The Morgan fingerprint density at radius 2 is 2.12 bits per heavy atom. The molecule has 0 unspecified atom stereocenters. The van der Waals surface area contributed by atoms with E-state index in [9.17, 15) is 14.0 Å². The highest BCUT2D eigenvalue weighted by molar-refractivity contribution is 9.10. The van der Waals surface area contributed by atoms with E-state index in [1.54, 1.807) is 6.07 Å². The zero-order valence-corrected chi connectivity index (χ0v) is 11.0. The van der Waals surface area contributed by atoms with E-state index in [1.807, 2.05) is 0 Å². The summed E-state index contributed by atoms with van der Waals surface area (Å²) in [6, 6.07) is 4.27. The van der Waals surface area contributed by atoms with Crippen LogP contribution in [0.2, 0.25) is 0 Å². The summed E-state index contributed by atoms with van der Waals surface area (Å²) in [7, 11) is 2.91. The van der Waals surface area contributed by atoms with Crippen molar-refractivity contribution in [2.24, 2.45) is 0 Å². The van der Waals surface area contributed by atoms with Gasteiger partial charge < -0.3 is 10.2 Å². The number of carbonyl (C=O) groups is 2. The van der Waals surface area contributed by atoms with Crippen LogP contribution in [0.5, 0.6) is 0 Å². The molecule has 0 atom stereocenters. The van der Waals surface area contributed by atoms with Gasteiger partial charge in [-0.25, -0.2) is 4.39 Å². The van der Waals surface area contributed by atoms with Gasteiger partial charge in [0, 0.05) is 18.6 Å². The molecule has 1 aromatic carbocycles. The third-order valence-corrected chi connectivity index (χ3v) is 2.84. The number of rotatable bonds is 3. The number of hydrogen-bond acceptors (Lipinski definition) is 2. The molecule has 0 aliphatic carbocycles. The Bertz CT molecular complexity index is 431. The predicted molar refractivity (Wildman–Crippen MR) is 65.1 cm³/mol. The Balaban J connectivity index is 2.93. The average Bonchev–Trinajstić information content (AvgIpc) is 2.28. The second-order valence-electron chi connectivity index (χ2n) is 3.43. The van der Waals surface area contributed by atoms with Crippen LogP contribution >= 0.6 is 15.9 Å². The quantitative estimate of drug-likeness (QED) is 0.918. The van der Waals surface area contributed by atoms with Gasteiger partial charge in [-0.15, -0.1) is 0 Å². The molecule has 1 aromatic rings. The molecule has 17 heavy (non-hydrogen) atoms. The normalized spacial score (nSPS) is 9.88. The summed E-state index contributed by atoms with van der Waals surface area (Å²) in [5.74, 6) is -1.47. The van der Waals surface area contributed by atoms with Crippen LogP contribution < -0.4 is 5.32 Å². The Morgan fingerprint density at radius 1 is 1.47 bits per heavy atom. The topological polar surface area (TPSA) is 49.4 Å². The number of likely N-dealkylation sites (N-methyl/N-ethyl adjacent to an activating group) is 2. The summed E-state index contributed by atoms with van der Waals surface area (Å²) in [6.07, 6.45) is 0. The van der Waals surface area contributed by atoms with E-state index in [0.717, 1.165) is 4.90 Å². The van der Waals surface area contributed by atoms with Crippen molar-refractivity contribution in [2.75, 3.05) is 20.6 Å². The van der Waals surface area contributed by atoms with E-state index in [2.05, 4.69) is 21.2 Å². The molecule has 0 aliphatic heterocycles. The van der Waals surface area contributed by atoms with Gasteiger partial charge in [-0.05, 0) is 28.1 Å². The van der Waals surface area contributed by atoms with Crippen LogP contribution in [-0.4, -0.2) is 37.4 Å². The molecule has 0 aliphatic rings. The summed E-state index contributed by atoms with van der Waals surface area (Å²) in [4.78, 5) is 24.2. The van der Waals surface area contributed by atoms with Gasteiger partial charge in [0.25, 0.3) is 5.91 Å². The van der Waals surface area contributed by atoms with Crippen LogP contribution in [-0.2, 0) is 4.79 Å². The second kappa shape index (κ2) is 5.77. The summed E-state index contributed by atoms with van der Waals surface area (Å²) in [5, 5.41) is 2.39. The molecule has 0 bridgehead atoms. The van der Waals surface area contributed by atoms with Gasteiger partial charge in [-0.2, -0.15) is 0 Å². The van der Waals surface area contributed by atoms with Crippen LogP contribution in [0.15, 0.2) is 22.7 Å². The lowest BCUT2D eigenvalue weighted by atomic mass is 10.2. The van der Waals surface area contributed by atoms with E-state index >= 15 is 0 Å². The smallest absolute Gasteiger partial charge is 0.258 e. The maximum Gasteiger partial charge on any atom is 0.258 e. The fraction of sp³-hybridized carbons (Fsp3) is 0.273. The first-order chi connectivity index (χ1) is 7.97. The Labute approximate surface area is 107 Å². The maximum absolute atomic E-state index is 13.5. The molecule has 92 valence electrons. The number of nitrogens with one attached hydrogen (secondary N) is 1. The third-order valence-electron chi connectivity index (χ3n) is 2.18. The van der Waals surface area contributed by atoms with Gasteiger partial charge in [0.05, 0.1) is 12.1 Å². The van der Waals surface area contributed by atoms with E-state index in [0.29, 0.717) is 4.47 Å². The molecule has 1 rings (SSSR count). The number of benzene rings is 1. The SMILES string of the molecule is CNC(=O)CN(C)C(=O)c1c(F)cccc1Br. The zero-order valence-electron chi connectivity index (χ0n) is 9.46. The first-order valence-electron chi connectivity index (χ1n) is 4.87. The number of hydrogen-bond donors (Lipinski definition) is 1. The molecule has 0 saturated heterocycles. The van der Waals surface area contributed by atoms with Gasteiger partial charge in [-0.3, -0.25) is 9.59 Å². The van der Waals surface area contributed by atoms with Crippen molar-refractivity contribution in [1.82, 2.24) is 10.2 Å². The van der Waals surface area contributed by atoms with Gasteiger partial charge >= 0.3 is 0 Å². The van der Waals surface area contributed by atoms with Gasteiger partial charge in [0.2, 0.25) is 5.91 Å². The third kappa shape index (κ3) is 3.26. The number of amides is 2. The first kappa shape index (κ1) is 13.6. The molecule has 1 N–H and O–H groups in total. The van der Waals surface area contributed by atoms with Crippen molar-refractivity contribution < 1.29 is 14.0 Å². The lowest BCUT2D eigenvalue weighted by molar-refractivity contribution is -0.121. The highest BCUT2D eigenvalue weighted by Crippen LogP contribution is 2.20. The van der Waals surface area contributed by atoms with E-state index in [-0.39, 0.29) is 18.0 Å². The molecular formula is C11H12BrFN2O2. The van der Waals surface area contributed by atoms with E-state index in [4.69, 9.17) is 0 Å². The first-order valence-corrected chi connectivity index (χ1v) is 5.66. The Kier molecular flexibility index (Phi) is 4.62. The summed E-state index contributed by atoms with van der Waals surface area (Å²) < 4.78 is 13.9. The minimum Gasteiger partial charge on any atom is -0.358 e. The monoisotopic (exact) mass is 302 g/mol. The molecule has 0 spiro atoms. The number of nitrogens with zero attached hydrogens (tertiary/aromatic N) is 1. The standard InChI is InChI=1S/C11H12BrFN2O2/c1-14-9(16)6-15(2)11(17)10-7(12)4-3-5-8(10)13/h3-5H,6H2,1-2H3,(H,14,16). The van der Waals surface area contributed by atoms with Crippen molar-refractivity contribution in [3.05, 3.63) is 34.1 Å². The van der Waals surface area contributed by atoms with Gasteiger partial charge in [0.1, 0.15) is 5.82 Å².